The van der Waals surface area contributed by atoms with Crippen molar-refractivity contribution in [3.63, 3.8) is 0 Å². The third-order valence-corrected chi connectivity index (χ3v) is 4.59. The highest BCUT2D eigenvalue weighted by atomic mass is 16.5. The van der Waals surface area contributed by atoms with E-state index in [-0.39, 0.29) is 12.7 Å². The third kappa shape index (κ3) is 4.69. The summed E-state index contributed by atoms with van der Waals surface area (Å²) in [7, 11) is 1.34. The van der Waals surface area contributed by atoms with E-state index in [1.54, 1.807) is 36.5 Å². The van der Waals surface area contributed by atoms with Crippen molar-refractivity contribution in [2.75, 3.05) is 19.0 Å². The molecule has 0 amide bonds. The summed E-state index contributed by atoms with van der Waals surface area (Å²) in [5, 5.41) is 21.0. The highest BCUT2D eigenvalue weighted by Crippen LogP contribution is 2.25. The predicted molar refractivity (Wildman–Crippen MR) is 102 cm³/mol. The normalized spacial score (nSPS) is 14.9. The summed E-state index contributed by atoms with van der Waals surface area (Å²) in [6, 6.07) is 8.48. The zero-order valence-corrected chi connectivity index (χ0v) is 15.1. The third-order valence-electron chi connectivity index (χ3n) is 4.59. The molecule has 7 nitrogen and oxygen atoms in total. The van der Waals surface area contributed by atoms with Gasteiger partial charge in [0.1, 0.15) is 11.9 Å². The molecular weight excluding hydrogens is 346 g/mol. The van der Waals surface area contributed by atoms with E-state index < -0.39 is 12.1 Å². The minimum absolute atomic E-state index is 0.228. The first kappa shape index (κ1) is 19.0. The predicted octanol–water partition coefficient (Wildman–Crippen LogP) is 3.21. The SMILES string of the molecule is COC(=O)c1ccc(Nc2ncc(C(O)COC3CCC3)cc2C=N)cc1. The molecule has 0 aliphatic heterocycles. The highest BCUT2D eigenvalue weighted by Gasteiger charge is 2.20. The van der Waals surface area contributed by atoms with Crippen LogP contribution in [0.5, 0.6) is 0 Å². The first-order valence-corrected chi connectivity index (χ1v) is 8.86. The summed E-state index contributed by atoms with van der Waals surface area (Å²) in [5.41, 5.74) is 2.33. The first-order chi connectivity index (χ1) is 13.1. The van der Waals surface area contributed by atoms with Crippen LogP contribution in [0.4, 0.5) is 11.5 Å². The van der Waals surface area contributed by atoms with Crippen LogP contribution in [-0.4, -0.2) is 42.1 Å². The van der Waals surface area contributed by atoms with Gasteiger partial charge in [0, 0.05) is 29.2 Å². The molecular formula is C20H23N3O4. The molecule has 0 radical (unpaired) electrons. The van der Waals surface area contributed by atoms with Gasteiger partial charge >= 0.3 is 5.97 Å². The van der Waals surface area contributed by atoms with E-state index >= 15 is 0 Å². The van der Waals surface area contributed by atoms with Crippen molar-refractivity contribution in [1.29, 1.82) is 5.41 Å². The van der Waals surface area contributed by atoms with Crippen molar-refractivity contribution < 1.29 is 19.4 Å². The molecule has 0 bridgehead atoms. The summed E-state index contributed by atoms with van der Waals surface area (Å²) >= 11 is 0. The Balaban J connectivity index is 1.68. The van der Waals surface area contributed by atoms with Crippen molar-refractivity contribution >= 4 is 23.7 Å². The molecule has 1 aromatic carbocycles. The number of aromatic nitrogens is 1. The van der Waals surface area contributed by atoms with E-state index in [1.807, 2.05) is 0 Å². The van der Waals surface area contributed by atoms with Crippen LogP contribution in [-0.2, 0) is 9.47 Å². The fourth-order valence-corrected chi connectivity index (χ4v) is 2.70. The van der Waals surface area contributed by atoms with Crippen LogP contribution in [0, 0.1) is 5.41 Å². The van der Waals surface area contributed by atoms with E-state index in [4.69, 9.17) is 10.1 Å². The fourth-order valence-electron chi connectivity index (χ4n) is 2.70. The molecule has 7 heteroatoms. The molecule has 3 N–H and O–H groups in total. The van der Waals surface area contributed by atoms with Gasteiger partial charge in [-0.15, -0.1) is 0 Å². The maximum absolute atomic E-state index is 11.5. The standard InChI is InChI=1S/C20H23N3O4/c1-26-20(25)13-5-7-16(8-6-13)23-19-14(10-21)9-15(11-22-19)18(24)12-27-17-3-2-4-17/h5-11,17-18,21,24H,2-4,12H2,1H3,(H,22,23). The number of anilines is 2. The van der Waals surface area contributed by atoms with Crippen LogP contribution in [0.15, 0.2) is 36.5 Å². The molecule has 2 aromatic rings. The first-order valence-electron chi connectivity index (χ1n) is 8.86. The Morgan fingerprint density at radius 3 is 2.74 bits per heavy atom. The van der Waals surface area contributed by atoms with Crippen LogP contribution in [0.1, 0.15) is 46.9 Å². The molecule has 27 heavy (non-hydrogen) atoms. The number of methoxy groups -OCH3 is 1. The number of benzene rings is 1. The summed E-state index contributed by atoms with van der Waals surface area (Å²) in [4.78, 5) is 15.8. The monoisotopic (exact) mass is 369 g/mol. The van der Waals surface area contributed by atoms with Crippen LogP contribution in [0.2, 0.25) is 0 Å². The second-order valence-electron chi connectivity index (χ2n) is 6.45. The Hall–Kier alpha value is -2.77. The number of aliphatic hydroxyl groups is 1. The molecule has 1 heterocycles. The Morgan fingerprint density at radius 2 is 2.15 bits per heavy atom. The van der Waals surface area contributed by atoms with Crippen LogP contribution in [0.3, 0.4) is 0 Å². The maximum Gasteiger partial charge on any atom is 0.337 e. The van der Waals surface area contributed by atoms with Crippen molar-refractivity contribution in [1.82, 2.24) is 4.98 Å². The number of carbonyl (C=O) groups is 1. The molecule has 1 fully saturated rings. The summed E-state index contributed by atoms with van der Waals surface area (Å²) in [6.45, 7) is 0.228. The largest absolute Gasteiger partial charge is 0.465 e. The smallest absolute Gasteiger partial charge is 0.337 e. The molecule has 1 unspecified atom stereocenters. The van der Waals surface area contributed by atoms with Gasteiger partial charge in [-0.25, -0.2) is 9.78 Å². The number of hydrogen-bond acceptors (Lipinski definition) is 7. The van der Waals surface area contributed by atoms with Gasteiger partial charge in [-0.05, 0) is 49.6 Å². The molecule has 0 spiro atoms. The lowest BCUT2D eigenvalue weighted by Crippen LogP contribution is -2.24. The summed E-state index contributed by atoms with van der Waals surface area (Å²) in [6.07, 6.45) is 5.52. The lowest BCUT2D eigenvalue weighted by molar-refractivity contribution is -0.0427. The maximum atomic E-state index is 11.5. The van der Waals surface area contributed by atoms with Crippen LogP contribution in [0.25, 0.3) is 0 Å². The van der Waals surface area contributed by atoms with E-state index in [2.05, 4.69) is 15.0 Å². The molecule has 142 valence electrons. The number of rotatable bonds is 8. The lowest BCUT2D eigenvalue weighted by Gasteiger charge is -2.26. The second-order valence-corrected chi connectivity index (χ2v) is 6.45. The number of carbonyl (C=O) groups excluding carboxylic acids is 1. The highest BCUT2D eigenvalue weighted by molar-refractivity contribution is 5.90. The van der Waals surface area contributed by atoms with Crippen molar-refractivity contribution in [3.8, 4) is 0 Å². The van der Waals surface area contributed by atoms with Crippen LogP contribution >= 0.6 is 0 Å². The van der Waals surface area contributed by atoms with Crippen LogP contribution < -0.4 is 5.32 Å². The van der Waals surface area contributed by atoms with E-state index in [1.165, 1.54) is 19.7 Å². The average Bonchev–Trinajstić information content (AvgIpc) is 2.66. The van der Waals surface area contributed by atoms with Crippen molar-refractivity contribution in [2.45, 2.75) is 31.5 Å². The molecule has 1 aliphatic rings. The average molecular weight is 369 g/mol. The number of esters is 1. The molecule has 1 aliphatic carbocycles. The Labute approximate surface area is 157 Å². The van der Waals surface area contributed by atoms with Gasteiger partial charge in [-0.1, -0.05) is 0 Å². The van der Waals surface area contributed by atoms with E-state index in [9.17, 15) is 9.90 Å². The fraction of sp³-hybridized carbons (Fsp3) is 0.350. The summed E-state index contributed by atoms with van der Waals surface area (Å²) in [5.74, 6) is 0.0917. The number of nitrogens with zero attached hydrogens (tertiary/aromatic N) is 1. The van der Waals surface area contributed by atoms with Gasteiger partial charge in [-0.2, -0.15) is 0 Å². The van der Waals surface area contributed by atoms with Gasteiger partial charge < -0.3 is 25.3 Å². The summed E-state index contributed by atoms with van der Waals surface area (Å²) < 4.78 is 10.3. The quantitative estimate of drug-likeness (QED) is 0.487. The topological polar surface area (TPSA) is 105 Å². The Bertz CT molecular complexity index is 803. The van der Waals surface area contributed by atoms with Gasteiger partial charge in [0.05, 0.1) is 25.4 Å². The van der Waals surface area contributed by atoms with E-state index in [0.717, 1.165) is 18.5 Å². The number of pyridine rings is 1. The molecule has 3 rings (SSSR count). The molecule has 0 saturated heterocycles. The number of ether oxygens (including phenoxy) is 2. The minimum atomic E-state index is -0.773. The number of hydrogen-bond donors (Lipinski definition) is 3. The Morgan fingerprint density at radius 1 is 1.41 bits per heavy atom. The van der Waals surface area contributed by atoms with Gasteiger partial charge in [-0.3, -0.25) is 0 Å². The zero-order valence-electron chi connectivity index (χ0n) is 15.1. The van der Waals surface area contributed by atoms with Crippen molar-refractivity contribution in [2.24, 2.45) is 0 Å². The molecule has 1 saturated carbocycles. The van der Waals surface area contributed by atoms with E-state index in [0.29, 0.717) is 22.5 Å². The van der Waals surface area contributed by atoms with Gasteiger partial charge in [0.25, 0.3) is 0 Å². The zero-order chi connectivity index (χ0) is 19.2. The number of aliphatic hydroxyl groups excluding tert-OH is 1. The molecule has 1 aromatic heterocycles. The Kier molecular flexibility index (Phi) is 6.16. The number of nitrogens with one attached hydrogen (secondary N) is 2. The van der Waals surface area contributed by atoms with Gasteiger partial charge in [0.2, 0.25) is 0 Å². The second kappa shape index (κ2) is 8.75. The molecule has 1 atom stereocenters. The van der Waals surface area contributed by atoms with Gasteiger partial charge in [0.15, 0.2) is 0 Å². The van der Waals surface area contributed by atoms with Crippen molar-refractivity contribution in [3.05, 3.63) is 53.2 Å². The minimum Gasteiger partial charge on any atom is -0.465 e. The lowest BCUT2D eigenvalue weighted by atomic mass is 9.96.